The number of hydrogen-bond donors (Lipinski definition) is 6. The first-order valence-corrected chi connectivity index (χ1v) is 35.2. The Morgan fingerprint density at radius 2 is 0.811 bits per heavy atom. The van der Waals surface area contributed by atoms with Crippen molar-refractivity contribution in [3.63, 3.8) is 0 Å². The zero-order chi connectivity index (χ0) is 80.4. The van der Waals surface area contributed by atoms with E-state index in [4.69, 9.17) is 4.74 Å². The van der Waals surface area contributed by atoms with E-state index in [1.54, 1.807) is 115 Å². The molecule has 14 heterocycles. The molecule has 35 nitrogen and oxygen atoms in total. The summed E-state index contributed by atoms with van der Waals surface area (Å²) in [5.74, 6) is -1.82. The van der Waals surface area contributed by atoms with Gasteiger partial charge in [0, 0.05) is 134 Å². The number of nitrogens with one attached hydrogen (secondary N) is 5. The van der Waals surface area contributed by atoms with Crippen molar-refractivity contribution >= 4 is 128 Å². The highest BCUT2D eigenvalue weighted by Crippen LogP contribution is 2.26. The van der Waals surface area contributed by atoms with Crippen LogP contribution in [0.4, 0.5) is 59.0 Å². The summed E-state index contributed by atoms with van der Waals surface area (Å²) < 4.78 is 4.88. The van der Waals surface area contributed by atoms with Gasteiger partial charge in [0.15, 0.2) is 0 Å². The van der Waals surface area contributed by atoms with Gasteiger partial charge in [-0.2, -0.15) is 5.10 Å². The number of esters is 1. The third-order valence-electron chi connectivity index (χ3n) is 17.0. The van der Waals surface area contributed by atoms with Crippen LogP contribution in [-0.2, 0) is 47.9 Å². The molecule has 0 spiro atoms. The number of aromatic nitrogens is 8. The molecule has 1 unspecified atom stereocenters. The Morgan fingerprint density at radius 3 is 1.15 bits per heavy atom. The van der Waals surface area contributed by atoms with Crippen molar-refractivity contribution in [1.29, 1.82) is 0 Å². The summed E-state index contributed by atoms with van der Waals surface area (Å²) in [5, 5.41) is 25.2. The predicted molar refractivity (Wildman–Crippen MR) is 405 cm³/mol. The maximum Gasteiger partial charge on any atom is 0.339 e. The highest BCUT2D eigenvalue weighted by Gasteiger charge is 2.31. The summed E-state index contributed by atoms with van der Waals surface area (Å²) in [6, 6.07) is 11.2. The Bertz CT molecular complexity index is 4480. The third kappa shape index (κ3) is 24.5. The number of aliphatic hydroxyl groups excluding tert-OH is 1. The number of hydrogen-bond acceptors (Lipinski definition) is 23. The maximum atomic E-state index is 11.8. The smallest absolute Gasteiger partial charge is 0.339 e. The van der Waals surface area contributed by atoms with Crippen LogP contribution in [0.5, 0.6) is 0 Å². The van der Waals surface area contributed by atoms with Crippen molar-refractivity contribution in [1.82, 2.24) is 61.4 Å². The number of carbonyl (C=O) groups is 14. The van der Waals surface area contributed by atoms with Crippen LogP contribution >= 0.6 is 0 Å². The number of imide groups is 3. The Balaban J connectivity index is 0.000000163. The predicted octanol–water partition coefficient (Wildman–Crippen LogP) is 6.95. The van der Waals surface area contributed by atoms with Gasteiger partial charge in [-0.15, -0.1) is 0 Å². The number of carbonyl (C=O) groups excluding carboxylic acids is 14. The number of pyridine rings is 6. The number of allylic oxidation sites excluding steroid dienone is 1. The second-order valence-corrected chi connectivity index (χ2v) is 25.8. The van der Waals surface area contributed by atoms with Crippen molar-refractivity contribution in [2.45, 2.75) is 112 Å². The minimum atomic E-state index is -0.623. The Kier molecular flexibility index (Phi) is 29.9. The standard InChI is InChI=1S/C13H14N2O4.C13H14N2O2.C12H14N2O3.3C10H11N3O2.C8H10N4O/c1-2-19-13(18)9-5-10(8-14-7-9)15-4-3-11(16)6-12(15)17;1-9(2)10-5-11(8-14-7-10)15-4-3-12(16)6-13(15)17;1-8(15)11-3-2-9(7-13-11)14-5-4-10(16)6-12(14)17;3*1-7-4-8(6-11-5-7)13-3-2-9(14)12-10(13)15;1-6-2-3-12(8(13)11-6)7-4-9-10-5-7/h5,7-8H,2-4,6H2,1H3;5,7-8H,1,3-4,6H2,2H3;2-3,7-8,15H,4-6H2,1H3;3*4-6H,2-3H2,1H3,(H,12,14,15);4-5H,1-3H2,(H,9,10)(H,11,13). The number of ether oxygens (including phenoxy) is 1. The number of nitrogens with zero attached hydrogens (tertiary/aromatic N) is 14. The minimum absolute atomic E-state index is 0.00268. The molecule has 0 radical (unpaired) electrons. The van der Waals surface area contributed by atoms with Crippen LogP contribution in [0.1, 0.15) is 129 Å². The summed E-state index contributed by atoms with van der Waals surface area (Å²) in [6.45, 7) is 21.9. The molecule has 35 heteroatoms. The largest absolute Gasteiger partial charge is 0.462 e. The zero-order valence-corrected chi connectivity index (χ0v) is 62.1. The maximum absolute atomic E-state index is 11.8. The van der Waals surface area contributed by atoms with Gasteiger partial charge in [0.1, 0.15) is 17.3 Å². The van der Waals surface area contributed by atoms with E-state index in [0.717, 1.165) is 68.4 Å². The molecule has 7 aliphatic heterocycles. The first-order valence-electron chi connectivity index (χ1n) is 35.2. The first kappa shape index (κ1) is 83.2. The van der Waals surface area contributed by atoms with Gasteiger partial charge >= 0.3 is 30.1 Å². The molecule has 111 heavy (non-hydrogen) atoms. The first-order chi connectivity index (χ1) is 53.0. The molecule has 0 saturated carbocycles. The lowest BCUT2D eigenvalue weighted by Gasteiger charge is -2.27. The number of ketones is 3. The molecule has 7 aromatic heterocycles. The van der Waals surface area contributed by atoms with Crippen molar-refractivity contribution in [3.8, 4) is 0 Å². The van der Waals surface area contributed by atoms with Crippen molar-refractivity contribution in [2.24, 2.45) is 0 Å². The number of urea groups is 4. The van der Waals surface area contributed by atoms with Crippen molar-refractivity contribution < 1.29 is 77.0 Å². The number of aromatic amines is 1. The average Bonchev–Trinajstić information content (AvgIpc) is 1.69. The van der Waals surface area contributed by atoms with Gasteiger partial charge in [-0.3, -0.25) is 114 Å². The van der Waals surface area contributed by atoms with E-state index in [9.17, 15) is 72.2 Å². The Hall–Kier alpha value is -13.5. The topological polar surface area (TPSA) is 445 Å². The van der Waals surface area contributed by atoms with Crippen LogP contribution in [0.2, 0.25) is 0 Å². The molecule has 7 fully saturated rings. The Labute approximate surface area is 637 Å². The monoisotopic (exact) mass is 1520 g/mol. The molecule has 0 aliphatic carbocycles. The van der Waals surface area contributed by atoms with E-state index >= 15 is 0 Å². The molecule has 6 N–H and O–H groups in total. The summed E-state index contributed by atoms with van der Waals surface area (Å²) in [6.07, 6.45) is 23.3. The highest BCUT2D eigenvalue weighted by atomic mass is 16.5. The van der Waals surface area contributed by atoms with Crippen LogP contribution in [-0.4, -0.2) is 181 Å². The van der Waals surface area contributed by atoms with Crippen LogP contribution < -0.4 is 55.6 Å². The quantitative estimate of drug-likeness (QED) is 0.0563. The molecular weight excluding hydrogens is 1430 g/mol. The number of anilines is 7. The lowest BCUT2D eigenvalue weighted by atomic mass is 10.1. The number of amides is 14. The number of piperidine rings is 3. The van der Waals surface area contributed by atoms with Crippen LogP contribution in [0.15, 0.2) is 142 Å². The van der Waals surface area contributed by atoms with Crippen LogP contribution in [0.25, 0.3) is 5.57 Å². The zero-order valence-electron chi connectivity index (χ0n) is 62.1. The number of Topliss-reactive ketones (excluding diaryl/α,β-unsaturated/α-hetero) is 3. The SMILES string of the molecule is C=C(C)c1cncc(N2CCC(=O)CC2=O)c1.C=C1CCN(c2cn[nH]c2)C(=O)N1.CC(O)c1ccc(N2CCC(=O)CC2=O)cn1.CCOC(=O)c1cncc(N2CCC(=O)CC2=O)c1.Cc1cncc(N2CCC(=O)NC2=O)c1.Cc1cncc(N2CCC(=O)NC2=O)c1.Cc1cncc(N2CCC(=O)NC2=O)c1. The summed E-state index contributed by atoms with van der Waals surface area (Å²) in [5.41, 5.74) is 11.3. The van der Waals surface area contributed by atoms with Crippen LogP contribution in [0, 0.1) is 20.8 Å². The summed E-state index contributed by atoms with van der Waals surface area (Å²) >= 11 is 0. The second-order valence-electron chi connectivity index (χ2n) is 25.8. The molecule has 7 aromatic rings. The fourth-order valence-electron chi connectivity index (χ4n) is 11.2. The Morgan fingerprint density at radius 1 is 0.450 bits per heavy atom. The van der Waals surface area contributed by atoms with Gasteiger partial charge in [-0.05, 0) is 112 Å². The minimum Gasteiger partial charge on any atom is -0.462 e. The molecule has 0 bridgehead atoms. The van der Waals surface area contributed by atoms with E-state index in [1.807, 2.05) is 52.0 Å². The number of rotatable bonds is 11. The second kappa shape index (κ2) is 39.9. The van der Waals surface area contributed by atoms with Gasteiger partial charge in [-0.25, -0.2) is 24.0 Å². The third-order valence-corrected chi connectivity index (χ3v) is 17.0. The van der Waals surface area contributed by atoms with Gasteiger partial charge < -0.3 is 29.9 Å². The highest BCUT2D eigenvalue weighted by molar-refractivity contribution is 6.11. The van der Waals surface area contributed by atoms with E-state index in [-0.39, 0.29) is 103 Å². The normalized spacial score (nSPS) is 16.7. The van der Waals surface area contributed by atoms with Gasteiger partial charge in [-0.1, -0.05) is 13.2 Å². The number of aryl methyl sites for hydroxylation is 3. The average molecular weight is 1520 g/mol. The molecular formula is C76H85N19O16. The molecule has 14 amide bonds. The van der Waals surface area contributed by atoms with Gasteiger partial charge in [0.25, 0.3) is 0 Å². The van der Waals surface area contributed by atoms with Crippen molar-refractivity contribution in [3.05, 3.63) is 175 Å². The summed E-state index contributed by atoms with van der Waals surface area (Å²) in [4.78, 5) is 194. The fraction of sp³-hybridized carbons (Fsp3) is 0.329. The molecule has 1 atom stereocenters. The van der Waals surface area contributed by atoms with Gasteiger partial charge in [0.05, 0.1) is 126 Å². The molecule has 14 rings (SSSR count). The summed E-state index contributed by atoms with van der Waals surface area (Å²) in [7, 11) is 0. The van der Waals surface area contributed by atoms with E-state index in [2.05, 4.69) is 74.5 Å². The fourth-order valence-corrected chi connectivity index (χ4v) is 11.2. The van der Waals surface area contributed by atoms with Gasteiger partial charge in [0.2, 0.25) is 35.4 Å². The van der Waals surface area contributed by atoms with Crippen LogP contribution in [0.3, 0.4) is 0 Å². The molecule has 0 aromatic carbocycles. The number of aliphatic hydroxyl groups is 1. The molecule has 580 valence electrons. The van der Waals surface area contributed by atoms with E-state index < -0.39 is 12.1 Å². The van der Waals surface area contributed by atoms with Crippen molar-refractivity contribution in [2.75, 3.05) is 86.7 Å². The molecule has 7 aliphatic rings. The lowest BCUT2D eigenvalue weighted by Crippen LogP contribution is -2.49. The number of H-pyrrole nitrogens is 1. The van der Waals surface area contributed by atoms with E-state index in [1.165, 1.54) is 32.0 Å². The lowest BCUT2D eigenvalue weighted by molar-refractivity contribution is -0.130. The molecule has 7 saturated heterocycles. The van der Waals surface area contributed by atoms with E-state index in [0.29, 0.717) is 107 Å².